The van der Waals surface area contributed by atoms with Crippen LogP contribution in [0.15, 0.2) is 64.8 Å². The van der Waals surface area contributed by atoms with Crippen molar-refractivity contribution in [2.45, 2.75) is 16.5 Å². The molecule has 1 aliphatic rings. The van der Waals surface area contributed by atoms with E-state index in [1.807, 2.05) is 48.5 Å². The SMILES string of the molecule is Nc1c(NCc2ccc3c(c2)OCO3)ncnc1Sc1ccccc1. The molecule has 25 heavy (non-hydrogen) atoms. The van der Waals surface area contributed by atoms with Crippen molar-refractivity contribution in [2.24, 2.45) is 0 Å². The van der Waals surface area contributed by atoms with Crippen LogP contribution < -0.4 is 20.5 Å². The third-order valence-corrected chi connectivity index (χ3v) is 4.73. The zero-order valence-electron chi connectivity index (χ0n) is 13.3. The van der Waals surface area contributed by atoms with E-state index in [9.17, 15) is 0 Å². The lowest BCUT2D eigenvalue weighted by Gasteiger charge is -2.11. The number of rotatable bonds is 5. The van der Waals surface area contributed by atoms with Crippen molar-refractivity contribution >= 4 is 23.3 Å². The number of nitrogens with zero attached hydrogens (tertiary/aromatic N) is 2. The Hall–Kier alpha value is -2.93. The molecule has 0 atom stereocenters. The van der Waals surface area contributed by atoms with Crippen LogP contribution in [0.4, 0.5) is 11.5 Å². The summed E-state index contributed by atoms with van der Waals surface area (Å²) in [6.45, 7) is 0.846. The normalized spacial score (nSPS) is 12.2. The van der Waals surface area contributed by atoms with Gasteiger partial charge in [-0.3, -0.25) is 0 Å². The lowest BCUT2D eigenvalue weighted by atomic mass is 10.2. The largest absolute Gasteiger partial charge is 0.454 e. The van der Waals surface area contributed by atoms with Gasteiger partial charge in [-0.15, -0.1) is 0 Å². The van der Waals surface area contributed by atoms with Crippen LogP contribution in [-0.4, -0.2) is 16.8 Å². The fourth-order valence-corrected chi connectivity index (χ4v) is 3.26. The van der Waals surface area contributed by atoms with Crippen molar-refractivity contribution in [1.29, 1.82) is 0 Å². The van der Waals surface area contributed by atoms with Crippen LogP contribution in [0.25, 0.3) is 0 Å². The van der Waals surface area contributed by atoms with Crippen LogP contribution in [0.5, 0.6) is 11.5 Å². The molecular formula is C18H16N4O2S. The smallest absolute Gasteiger partial charge is 0.231 e. The minimum absolute atomic E-state index is 0.269. The maximum atomic E-state index is 6.23. The summed E-state index contributed by atoms with van der Waals surface area (Å²) in [7, 11) is 0. The zero-order chi connectivity index (χ0) is 17.1. The summed E-state index contributed by atoms with van der Waals surface area (Å²) in [5, 5.41) is 3.99. The Morgan fingerprint density at radius 1 is 1.04 bits per heavy atom. The topological polar surface area (TPSA) is 82.3 Å². The molecule has 1 aromatic heterocycles. The molecule has 4 rings (SSSR count). The molecule has 0 bridgehead atoms. The van der Waals surface area contributed by atoms with E-state index in [0.29, 0.717) is 18.1 Å². The van der Waals surface area contributed by atoms with E-state index in [-0.39, 0.29) is 6.79 Å². The molecule has 2 heterocycles. The number of benzene rings is 2. The molecule has 0 unspecified atom stereocenters. The van der Waals surface area contributed by atoms with Crippen molar-refractivity contribution in [3.63, 3.8) is 0 Å². The van der Waals surface area contributed by atoms with Crippen molar-refractivity contribution < 1.29 is 9.47 Å². The van der Waals surface area contributed by atoms with Gasteiger partial charge in [0, 0.05) is 11.4 Å². The van der Waals surface area contributed by atoms with Gasteiger partial charge in [0.15, 0.2) is 17.3 Å². The number of nitrogens with one attached hydrogen (secondary N) is 1. The first-order valence-corrected chi connectivity index (χ1v) is 8.57. The Balaban J connectivity index is 1.48. The molecule has 0 spiro atoms. The van der Waals surface area contributed by atoms with E-state index in [4.69, 9.17) is 15.2 Å². The van der Waals surface area contributed by atoms with Crippen LogP contribution in [0.1, 0.15) is 5.56 Å². The molecule has 0 aliphatic carbocycles. The maximum absolute atomic E-state index is 6.23. The highest BCUT2D eigenvalue weighted by Gasteiger charge is 2.14. The van der Waals surface area contributed by atoms with Gasteiger partial charge in [0.2, 0.25) is 6.79 Å². The second-order valence-electron chi connectivity index (χ2n) is 5.40. The van der Waals surface area contributed by atoms with Gasteiger partial charge in [-0.1, -0.05) is 36.0 Å². The second kappa shape index (κ2) is 6.90. The predicted octanol–water partition coefficient (Wildman–Crippen LogP) is 3.55. The second-order valence-corrected chi connectivity index (χ2v) is 6.46. The van der Waals surface area contributed by atoms with E-state index < -0.39 is 0 Å². The van der Waals surface area contributed by atoms with E-state index in [0.717, 1.165) is 27.0 Å². The van der Waals surface area contributed by atoms with Crippen LogP contribution in [0.3, 0.4) is 0 Å². The van der Waals surface area contributed by atoms with E-state index in [1.54, 1.807) is 0 Å². The van der Waals surface area contributed by atoms with Gasteiger partial charge in [-0.05, 0) is 29.8 Å². The molecule has 2 aromatic carbocycles. The lowest BCUT2D eigenvalue weighted by molar-refractivity contribution is 0.174. The number of hydrogen-bond donors (Lipinski definition) is 2. The highest BCUT2D eigenvalue weighted by Crippen LogP contribution is 2.34. The Kier molecular flexibility index (Phi) is 4.30. The average Bonchev–Trinajstić information content (AvgIpc) is 3.11. The van der Waals surface area contributed by atoms with Crippen LogP contribution in [0.2, 0.25) is 0 Å². The number of hydrogen-bond acceptors (Lipinski definition) is 7. The third kappa shape index (κ3) is 3.46. The summed E-state index contributed by atoms with van der Waals surface area (Å²) in [4.78, 5) is 9.62. The third-order valence-electron chi connectivity index (χ3n) is 3.70. The molecule has 0 saturated heterocycles. The molecule has 0 saturated carbocycles. The van der Waals surface area contributed by atoms with Gasteiger partial charge in [-0.25, -0.2) is 9.97 Å². The van der Waals surface area contributed by atoms with Gasteiger partial charge in [0.25, 0.3) is 0 Å². The van der Waals surface area contributed by atoms with Gasteiger partial charge < -0.3 is 20.5 Å². The molecule has 1 aliphatic heterocycles. The van der Waals surface area contributed by atoms with E-state index >= 15 is 0 Å². The minimum Gasteiger partial charge on any atom is -0.454 e. The summed E-state index contributed by atoms with van der Waals surface area (Å²) in [6.07, 6.45) is 1.52. The van der Waals surface area contributed by atoms with Crippen molar-refractivity contribution in [3.05, 3.63) is 60.4 Å². The minimum atomic E-state index is 0.269. The Labute approximate surface area is 149 Å². The van der Waals surface area contributed by atoms with E-state index in [2.05, 4.69) is 15.3 Å². The first-order chi connectivity index (χ1) is 12.3. The fourth-order valence-electron chi connectivity index (χ4n) is 2.44. The highest BCUT2D eigenvalue weighted by atomic mass is 32.2. The Morgan fingerprint density at radius 3 is 2.76 bits per heavy atom. The number of aromatic nitrogens is 2. The standard InChI is InChI=1S/C18H16N4O2S/c19-16-17(20-9-12-6-7-14-15(8-12)24-11-23-14)21-10-22-18(16)25-13-4-2-1-3-5-13/h1-8,10H,9,11,19H2,(H,20,21,22). The highest BCUT2D eigenvalue weighted by molar-refractivity contribution is 7.99. The maximum Gasteiger partial charge on any atom is 0.231 e. The van der Waals surface area contributed by atoms with Gasteiger partial charge in [-0.2, -0.15) is 0 Å². The zero-order valence-corrected chi connectivity index (χ0v) is 14.1. The number of nitrogens with two attached hydrogens (primary N) is 1. The Bertz CT molecular complexity index is 889. The van der Waals surface area contributed by atoms with Crippen LogP contribution in [-0.2, 0) is 6.54 Å². The lowest BCUT2D eigenvalue weighted by Crippen LogP contribution is -2.06. The molecule has 0 amide bonds. The molecule has 3 aromatic rings. The predicted molar refractivity (Wildman–Crippen MR) is 96.9 cm³/mol. The van der Waals surface area contributed by atoms with Crippen molar-refractivity contribution in [3.8, 4) is 11.5 Å². The van der Waals surface area contributed by atoms with Gasteiger partial charge >= 0.3 is 0 Å². The number of ether oxygens (including phenoxy) is 2. The molecule has 0 radical (unpaired) electrons. The molecule has 126 valence electrons. The monoisotopic (exact) mass is 352 g/mol. The molecule has 7 heteroatoms. The molecule has 3 N–H and O–H groups in total. The number of nitrogen functional groups attached to an aromatic ring is 1. The average molecular weight is 352 g/mol. The number of fused-ring (bicyclic) bond motifs is 1. The quantitative estimate of drug-likeness (QED) is 0.680. The fraction of sp³-hybridized carbons (Fsp3) is 0.111. The summed E-state index contributed by atoms with van der Waals surface area (Å²) in [5.41, 5.74) is 7.83. The molecular weight excluding hydrogens is 336 g/mol. The van der Waals surface area contributed by atoms with Crippen LogP contribution >= 0.6 is 11.8 Å². The number of anilines is 2. The molecule has 6 nitrogen and oxygen atoms in total. The first-order valence-electron chi connectivity index (χ1n) is 7.75. The summed E-state index contributed by atoms with van der Waals surface area (Å²) in [5.74, 6) is 2.15. The van der Waals surface area contributed by atoms with E-state index in [1.165, 1.54) is 18.1 Å². The van der Waals surface area contributed by atoms with Gasteiger partial charge in [0.1, 0.15) is 17.0 Å². The Morgan fingerprint density at radius 2 is 1.88 bits per heavy atom. The summed E-state index contributed by atoms with van der Waals surface area (Å²) in [6, 6.07) is 15.8. The molecule has 0 fully saturated rings. The first kappa shape index (κ1) is 15.6. The summed E-state index contributed by atoms with van der Waals surface area (Å²) < 4.78 is 10.7. The summed E-state index contributed by atoms with van der Waals surface area (Å²) >= 11 is 1.51. The van der Waals surface area contributed by atoms with Crippen molar-refractivity contribution in [2.75, 3.05) is 17.8 Å². The van der Waals surface area contributed by atoms with Gasteiger partial charge in [0.05, 0.1) is 0 Å². The van der Waals surface area contributed by atoms with Crippen LogP contribution in [0, 0.1) is 0 Å². The van der Waals surface area contributed by atoms with Crippen molar-refractivity contribution in [1.82, 2.24) is 9.97 Å².